The lowest BCUT2D eigenvalue weighted by atomic mass is 9.99. The molecule has 0 bridgehead atoms. The zero-order chi connectivity index (χ0) is 13.1. The van der Waals surface area contributed by atoms with Crippen LogP contribution in [0.4, 0.5) is 5.13 Å². The van der Waals surface area contributed by atoms with Crippen molar-refractivity contribution in [1.29, 1.82) is 0 Å². The lowest BCUT2D eigenvalue weighted by Crippen LogP contribution is -2.27. The fourth-order valence-electron chi connectivity index (χ4n) is 2.01. The quantitative estimate of drug-likeness (QED) is 0.893. The van der Waals surface area contributed by atoms with Gasteiger partial charge >= 0.3 is 0 Å². The SMILES string of the molecule is CSCC(C)C(=O)Nc1nc2c(s1)C[C@@H](N)CC2.Cl. The maximum atomic E-state index is 11.9. The van der Waals surface area contributed by atoms with Crippen LogP contribution in [-0.4, -0.2) is 28.9 Å². The van der Waals surface area contributed by atoms with E-state index in [9.17, 15) is 4.79 Å². The van der Waals surface area contributed by atoms with Crippen LogP contribution >= 0.6 is 35.5 Å². The zero-order valence-electron chi connectivity index (χ0n) is 11.1. The number of nitrogens with two attached hydrogens (primary N) is 1. The second-order valence-electron chi connectivity index (χ2n) is 4.74. The highest BCUT2D eigenvalue weighted by Crippen LogP contribution is 2.29. The average molecular weight is 322 g/mol. The van der Waals surface area contributed by atoms with E-state index in [1.807, 2.05) is 13.2 Å². The molecule has 1 aromatic rings. The number of carbonyl (C=O) groups is 1. The predicted octanol–water partition coefficient (Wildman–Crippen LogP) is 2.32. The minimum atomic E-state index is 0. The van der Waals surface area contributed by atoms with E-state index >= 15 is 0 Å². The van der Waals surface area contributed by atoms with E-state index in [1.165, 1.54) is 4.88 Å². The Balaban J connectivity index is 0.00000180. The molecule has 1 heterocycles. The summed E-state index contributed by atoms with van der Waals surface area (Å²) in [5.74, 6) is 0.907. The van der Waals surface area contributed by atoms with Crippen LogP contribution in [0.3, 0.4) is 0 Å². The van der Waals surface area contributed by atoms with Crippen molar-refractivity contribution in [2.75, 3.05) is 17.3 Å². The van der Waals surface area contributed by atoms with Crippen molar-refractivity contribution in [3.63, 3.8) is 0 Å². The van der Waals surface area contributed by atoms with Crippen molar-refractivity contribution in [3.8, 4) is 0 Å². The molecule has 2 rings (SSSR count). The number of nitrogens with one attached hydrogen (secondary N) is 1. The summed E-state index contributed by atoms with van der Waals surface area (Å²) < 4.78 is 0. The first-order valence-corrected chi connectivity index (χ1v) is 8.35. The summed E-state index contributed by atoms with van der Waals surface area (Å²) in [6, 6.07) is 0.247. The number of thioether (sulfide) groups is 1. The topological polar surface area (TPSA) is 68.0 Å². The number of carbonyl (C=O) groups excluding carboxylic acids is 1. The number of halogens is 1. The smallest absolute Gasteiger partial charge is 0.229 e. The fraction of sp³-hybridized carbons (Fsp3) is 0.667. The Morgan fingerprint density at radius 1 is 1.68 bits per heavy atom. The number of thiazole rings is 1. The lowest BCUT2D eigenvalue weighted by molar-refractivity contribution is -0.118. The molecule has 0 aliphatic heterocycles. The van der Waals surface area contributed by atoms with Crippen LogP contribution < -0.4 is 11.1 Å². The molecule has 0 saturated heterocycles. The maximum Gasteiger partial charge on any atom is 0.229 e. The maximum absolute atomic E-state index is 11.9. The molecule has 1 aliphatic rings. The largest absolute Gasteiger partial charge is 0.327 e. The van der Waals surface area contributed by atoms with Gasteiger partial charge in [-0.05, 0) is 25.5 Å². The van der Waals surface area contributed by atoms with Gasteiger partial charge in [0.25, 0.3) is 0 Å². The van der Waals surface area contributed by atoms with Crippen LogP contribution in [0.15, 0.2) is 0 Å². The van der Waals surface area contributed by atoms with Crippen LogP contribution in [-0.2, 0) is 17.6 Å². The third-order valence-corrected chi connectivity index (χ3v) is 4.94. The molecule has 0 spiro atoms. The highest BCUT2D eigenvalue weighted by molar-refractivity contribution is 7.98. The molecule has 0 saturated carbocycles. The van der Waals surface area contributed by atoms with Gasteiger partial charge in [-0.15, -0.1) is 23.7 Å². The highest BCUT2D eigenvalue weighted by atomic mass is 35.5. The van der Waals surface area contributed by atoms with Gasteiger partial charge < -0.3 is 11.1 Å². The Kier molecular flexibility index (Phi) is 6.59. The number of hydrogen-bond acceptors (Lipinski definition) is 5. The highest BCUT2D eigenvalue weighted by Gasteiger charge is 2.21. The van der Waals surface area contributed by atoms with Crippen molar-refractivity contribution in [2.24, 2.45) is 11.7 Å². The Morgan fingerprint density at radius 3 is 3.11 bits per heavy atom. The number of anilines is 1. The van der Waals surface area contributed by atoms with E-state index in [2.05, 4.69) is 10.3 Å². The third kappa shape index (κ3) is 4.34. The van der Waals surface area contributed by atoms with E-state index in [0.29, 0.717) is 0 Å². The summed E-state index contributed by atoms with van der Waals surface area (Å²) >= 11 is 3.25. The molecule has 3 N–H and O–H groups in total. The summed E-state index contributed by atoms with van der Waals surface area (Å²) in [5.41, 5.74) is 7.06. The minimum Gasteiger partial charge on any atom is -0.327 e. The summed E-state index contributed by atoms with van der Waals surface area (Å²) in [5, 5.41) is 3.64. The molecule has 2 atom stereocenters. The lowest BCUT2D eigenvalue weighted by Gasteiger charge is -2.15. The van der Waals surface area contributed by atoms with E-state index in [-0.39, 0.29) is 30.3 Å². The van der Waals surface area contributed by atoms with E-state index in [0.717, 1.165) is 35.8 Å². The molecular formula is C12H20ClN3OS2. The molecule has 108 valence electrons. The number of fused-ring (bicyclic) bond motifs is 1. The molecule has 1 amide bonds. The Hall–Kier alpha value is -0.300. The molecule has 0 fully saturated rings. The van der Waals surface area contributed by atoms with Crippen molar-refractivity contribution in [1.82, 2.24) is 4.98 Å². The van der Waals surface area contributed by atoms with Crippen LogP contribution in [0, 0.1) is 5.92 Å². The zero-order valence-corrected chi connectivity index (χ0v) is 13.6. The van der Waals surface area contributed by atoms with Gasteiger partial charge in [0.1, 0.15) is 0 Å². The number of hydrogen-bond donors (Lipinski definition) is 2. The Labute approximate surface area is 128 Å². The number of aryl methyl sites for hydroxylation is 1. The number of rotatable bonds is 4. The first kappa shape index (κ1) is 16.8. The van der Waals surface area contributed by atoms with Crippen molar-refractivity contribution >= 4 is 46.5 Å². The molecule has 0 radical (unpaired) electrons. The molecule has 1 unspecified atom stereocenters. The van der Waals surface area contributed by atoms with Gasteiger partial charge in [0.2, 0.25) is 5.91 Å². The van der Waals surface area contributed by atoms with Gasteiger partial charge in [-0.3, -0.25) is 4.79 Å². The summed E-state index contributed by atoms with van der Waals surface area (Å²) in [6.07, 6.45) is 4.83. The average Bonchev–Trinajstić information content (AvgIpc) is 2.70. The number of amides is 1. The van der Waals surface area contributed by atoms with E-state index < -0.39 is 0 Å². The van der Waals surface area contributed by atoms with E-state index in [1.54, 1.807) is 23.1 Å². The number of nitrogens with zero attached hydrogens (tertiary/aromatic N) is 1. The molecule has 7 heteroatoms. The molecular weight excluding hydrogens is 302 g/mol. The molecule has 4 nitrogen and oxygen atoms in total. The second kappa shape index (κ2) is 7.47. The summed E-state index contributed by atoms with van der Waals surface area (Å²) in [7, 11) is 0. The first-order valence-electron chi connectivity index (χ1n) is 6.14. The molecule has 0 aromatic carbocycles. The van der Waals surface area contributed by atoms with Crippen molar-refractivity contribution in [2.45, 2.75) is 32.2 Å². The van der Waals surface area contributed by atoms with Gasteiger partial charge in [-0.2, -0.15) is 11.8 Å². The monoisotopic (exact) mass is 321 g/mol. The third-order valence-electron chi connectivity index (χ3n) is 3.07. The van der Waals surface area contributed by atoms with Gasteiger partial charge in [0, 0.05) is 22.6 Å². The Bertz CT molecular complexity index is 439. The Morgan fingerprint density at radius 2 is 2.42 bits per heavy atom. The van der Waals surface area contributed by atoms with Crippen LogP contribution in [0.5, 0.6) is 0 Å². The molecule has 19 heavy (non-hydrogen) atoms. The van der Waals surface area contributed by atoms with Gasteiger partial charge in [0.05, 0.1) is 5.69 Å². The van der Waals surface area contributed by atoms with Crippen LogP contribution in [0.25, 0.3) is 0 Å². The normalized spacial score (nSPS) is 19.2. The fourth-order valence-corrected chi connectivity index (χ4v) is 3.76. The van der Waals surface area contributed by atoms with Crippen LogP contribution in [0.1, 0.15) is 23.9 Å². The number of aromatic nitrogens is 1. The molecule has 1 aliphatic carbocycles. The van der Waals surface area contributed by atoms with Crippen molar-refractivity contribution < 1.29 is 4.79 Å². The van der Waals surface area contributed by atoms with Gasteiger partial charge in [0.15, 0.2) is 5.13 Å². The van der Waals surface area contributed by atoms with E-state index in [4.69, 9.17) is 5.73 Å². The van der Waals surface area contributed by atoms with Crippen molar-refractivity contribution in [3.05, 3.63) is 10.6 Å². The molecule has 1 aromatic heterocycles. The first-order chi connectivity index (χ1) is 8.60. The summed E-state index contributed by atoms with van der Waals surface area (Å²) in [4.78, 5) is 17.6. The predicted molar refractivity (Wildman–Crippen MR) is 85.5 cm³/mol. The summed E-state index contributed by atoms with van der Waals surface area (Å²) in [6.45, 7) is 1.94. The van der Waals surface area contributed by atoms with Gasteiger partial charge in [-0.1, -0.05) is 6.92 Å². The minimum absolute atomic E-state index is 0. The standard InChI is InChI=1S/C12H19N3OS2.ClH/c1-7(6-17-2)11(16)15-12-14-9-4-3-8(13)5-10(9)18-12;/h7-8H,3-6,13H2,1-2H3,(H,14,15,16);1H/t7?,8-;/m0./s1. The second-order valence-corrected chi connectivity index (χ2v) is 6.73. The van der Waals surface area contributed by atoms with Gasteiger partial charge in [-0.25, -0.2) is 4.98 Å². The van der Waals surface area contributed by atoms with Crippen LogP contribution in [0.2, 0.25) is 0 Å².